The molecular weight excluding hydrogens is 342 g/mol. The standard InChI is InChI=1S/C19H22F2N2OS/c1-13(2)24-16-7-3-5-14(11-16)6-4-10-22-19(25)23-15-8-9-17(20)18(21)12-15/h3,5,7-9,11-13H,4,6,10H2,1-2H3,(H2,22,23,25). The van der Waals surface area contributed by atoms with Crippen LogP contribution in [0.15, 0.2) is 42.5 Å². The van der Waals surface area contributed by atoms with Crippen LogP contribution in [0, 0.1) is 11.6 Å². The highest BCUT2D eigenvalue weighted by molar-refractivity contribution is 7.80. The summed E-state index contributed by atoms with van der Waals surface area (Å²) in [7, 11) is 0. The molecule has 2 rings (SSSR count). The number of rotatable bonds is 7. The Kier molecular flexibility index (Phi) is 7.13. The zero-order valence-corrected chi connectivity index (χ0v) is 15.1. The van der Waals surface area contributed by atoms with Crippen LogP contribution in [-0.4, -0.2) is 17.8 Å². The first-order chi connectivity index (χ1) is 11.9. The normalized spacial score (nSPS) is 10.6. The Balaban J connectivity index is 1.73. The van der Waals surface area contributed by atoms with E-state index in [1.165, 1.54) is 11.6 Å². The lowest BCUT2D eigenvalue weighted by Gasteiger charge is -2.12. The minimum Gasteiger partial charge on any atom is -0.491 e. The van der Waals surface area contributed by atoms with Crippen LogP contribution in [0.3, 0.4) is 0 Å². The van der Waals surface area contributed by atoms with Crippen molar-refractivity contribution in [3.8, 4) is 5.75 Å². The van der Waals surface area contributed by atoms with Gasteiger partial charge in [0.25, 0.3) is 0 Å². The molecule has 0 aromatic heterocycles. The second-order valence-electron chi connectivity index (χ2n) is 5.93. The Hall–Kier alpha value is -2.21. The number of aryl methyl sites for hydroxylation is 1. The van der Waals surface area contributed by atoms with Gasteiger partial charge in [-0.05, 0) is 68.7 Å². The molecule has 0 heterocycles. The summed E-state index contributed by atoms with van der Waals surface area (Å²) in [5.41, 5.74) is 1.61. The summed E-state index contributed by atoms with van der Waals surface area (Å²) >= 11 is 5.15. The second-order valence-corrected chi connectivity index (χ2v) is 6.34. The molecule has 25 heavy (non-hydrogen) atoms. The molecule has 0 atom stereocenters. The van der Waals surface area contributed by atoms with Gasteiger partial charge in [-0.15, -0.1) is 0 Å². The number of halogens is 2. The lowest BCUT2D eigenvalue weighted by molar-refractivity contribution is 0.242. The van der Waals surface area contributed by atoms with Crippen LogP contribution in [0.5, 0.6) is 5.75 Å². The highest BCUT2D eigenvalue weighted by Gasteiger charge is 2.04. The molecule has 0 amide bonds. The maximum Gasteiger partial charge on any atom is 0.170 e. The van der Waals surface area contributed by atoms with E-state index in [1.54, 1.807) is 0 Å². The largest absolute Gasteiger partial charge is 0.491 e. The number of ether oxygens (including phenoxy) is 1. The SMILES string of the molecule is CC(C)Oc1cccc(CCCNC(=S)Nc2ccc(F)c(F)c2)c1. The van der Waals surface area contributed by atoms with Gasteiger partial charge in [0.05, 0.1) is 6.10 Å². The molecule has 0 aliphatic heterocycles. The summed E-state index contributed by atoms with van der Waals surface area (Å²) in [6, 6.07) is 11.6. The van der Waals surface area contributed by atoms with Crippen LogP contribution >= 0.6 is 12.2 Å². The average molecular weight is 364 g/mol. The van der Waals surface area contributed by atoms with Crippen LogP contribution < -0.4 is 15.4 Å². The molecule has 0 aliphatic carbocycles. The fourth-order valence-corrected chi connectivity index (χ4v) is 2.51. The number of hydrogen-bond donors (Lipinski definition) is 2. The van der Waals surface area contributed by atoms with Crippen LogP contribution in [-0.2, 0) is 6.42 Å². The summed E-state index contributed by atoms with van der Waals surface area (Å²) in [6.07, 6.45) is 1.91. The Morgan fingerprint density at radius 3 is 2.64 bits per heavy atom. The second kappa shape index (κ2) is 9.32. The third-order valence-electron chi connectivity index (χ3n) is 3.38. The quantitative estimate of drug-likeness (QED) is 0.552. The van der Waals surface area contributed by atoms with E-state index in [4.69, 9.17) is 17.0 Å². The van der Waals surface area contributed by atoms with Gasteiger partial charge < -0.3 is 15.4 Å². The number of benzene rings is 2. The van der Waals surface area contributed by atoms with E-state index in [0.29, 0.717) is 17.3 Å². The first-order valence-corrected chi connectivity index (χ1v) is 8.60. The molecule has 6 heteroatoms. The van der Waals surface area contributed by atoms with Gasteiger partial charge in [-0.2, -0.15) is 0 Å². The van der Waals surface area contributed by atoms with E-state index in [0.717, 1.165) is 30.7 Å². The predicted octanol–water partition coefficient (Wildman–Crippen LogP) is 4.67. The molecule has 134 valence electrons. The van der Waals surface area contributed by atoms with Gasteiger partial charge in [-0.3, -0.25) is 0 Å². The number of hydrogen-bond acceptors (Lipinski definition) is 2. The molecule has 0 fully saturated rings. The van der Waals surface area contributed by atoms with E-state index in [9.17, 15) is 8.78 Å². The molecule has 2 aromatic rings. The maximum absolute atomic E-state index is 13.1. The van der Waals surface area contributed by atoms with Gasteiger partial charge in [0.1, 0.15) is 5.75 Å². The van der Waals surface area contributed by atoms with E-state index in [1.807, 2.05) is 32.0 Å². The average Bonchev–Trinajstić information content (AvgIpc) is 2.55. The van der Waals surface area contributed by atoms with Gasteiger partial charge >= 0.3 is 0 Å². The predicted molar refractivity (Wildman–Crippen MR) is 101 cm³/mol. The first kappa shape index (κ1) is 19.1. The van der Waals surface area contributed by atoms with Crippen molar-refractivity contribution in [2.75, 3.05) is 11.9 Å². The van der Waals surface area contributed by atoms with Crippen LogP contribution in [0.4, 0.5) is 14.5 Å². The minimum absolute atomic E-state index is 0.150. The molecule has 0 unspecified atom stereocenters. The van der Waals surface area contributed by atoms with Crippen molar-refractivity contribution in [2.45, 2.75) is 32.8 Å². The topological polar surface area (TPSA) is 33.3 Å². The Morgan fingerprint density at radius 1 is 1.12 bits per heavy atom. The lowest BCUT2D eigenvalue weighted by atomic mass is 10.1. The van der Waals surface area contributed by atoms with Crippen molar-refractivity contribution >= 4 is 23.0 Å². The highest BCUT2D eigenvalue weighted by atomic mass is 32.1. The molecule has 0 spiro atoms. The zero-order valence-electron chi connectivity index (χ0n) is 14.3. The fraction of sp³-hybridized carbons (Fsp3) is 0.316. The monoisotopic (exact) mass is 364 g/mol. The number of anilines is 1. The number of nitrogens with one attached hydrogen (secondary N) is 2. The smallest absolute Gasteiger partial charge is 0.170 e. The van der Waals surface area contributed by atoms with Crippen molar-refractivity contribution in [1.29, 1.82) is 0 Å². The van der Waals surface area contributed by atoms with E-state index in [2.05, 4.69) is 16.7 Å². The Bertz CT molecular complexity index is 722. The van der Waals surface area contributed by atoms with Gasteiger partial charge in [0, 0.05) is 18.3 Å². The van der Waals surface area contributed by atoms with Crippen molar-refractivity contribution in [3.63, 3.8) is 0 Å². The molecule has 0 bridgehead atoms. The third-order valence-corrected chi connectivity index (χ3v) is 3.62. The minimum atomic E-state index is -0.906. The maximum atomic E-state index is 13.1. The first-order valence-electron chi connectivity index (χ1n) is 8.19. The Morgan fingerprint density at radius 2 is 1.92 bits per heavy atom. The lowest BCUT2D eigenvalue weighted by Crippen LogP contribution is -2.29. The molecule has 2 N–H and O–H groups in total. The van der Waals surface area contributed by atoms with E-state index >= 15 is 0 Å². The molecule has 0 saturated carbocycles. The number of thiocarbonyl (C=S) groups is 1. The summed E-state index contributed by atoms with van der Waals surface area (Å²) < 4.78 is 31.7. The van der Waals surface area contributed by atoms with Gasteiger partial charge in [0.15, 0.2) is 16.7 Å². The summed E-state index contributed by atoms with van der Waals surface area (Å²) in [5.74, 6) is -0.916. The van der Waals surface area contributed by atoms with Crippen LogP contribution in [0.2, 0.25) is 0 Å². The molecule has 0 radical (unpaired) electrons. The highest BCUT2D eigenvalue weighted by Crippen LogP contribution is 2.16. The van der Waals surface area contributed by atoms with E-state index in [-0.39, 0.29) is 6.10 Å². The summed E-state index contributed by atoms with van der Waals surface area (Å²) in [4.78, 5) is 0. The van der Waals surface area contributed by atoms with Crippen LogP contribution in [0.1, 0.15) is 25.8 Å². The molecule has 2 aromatic carbocycles. The third kappa shape index (κ3) is 6.66. The molecule has 3 nitrogen and oxygen atoms in total. The van der Waals surface area contributed by atoms with Gasteiger partial charge in [-0.25, -0.2) is 8.78 Å². The van der Waals surface area contributed by atoms with Crippen molar-refractivity contribution in [1.82, 2.24) is 5.32 Å². The summed E-state index contributed by atoms with van der Waals surface area (Å²) in [5, 5.41) is 6.27. The fourth-order valence-electron chi connectivity index (χ4n) is 2.29. The zero-order chi connectivity index (χ0) is 18.2. The van der Waals surface area contributed by atoms with Gasteiger partial charge in [-0.1, -0.05) is 12.1 Å². The van der Waals surface area contributed by atoms with Crippen molar-refractivity contribution in [3.05, 3.63) is 59.7 Å². The van der Waals surface area contributed by atoms with Crippen LogP contribution in [0.25, 0.3) is 0 Å². The van der Waals surface area contributed by atoms with Gasteiger partial charge in [0.2, 0.25) is 0 Å². The molecule has 0 saturated heterocycles. The molecular formula is C19H22F2N2OS. The van der Waals surface area contributed by atoms with Crippen molar-refractivity contribution < 1.29 is 13.5 Å². The Labute approximate surface area is 152 Å². The summed E-state index contributed by atoms with van der Waals surface area (Å²) in [6.45, 7) is 4.67. The van der Waals surface area contributed by atoms with Crippen molar-refractivity contribution in [2.24, 2.45) is 0 Å². The van der Waals surface area contributed by atoms with E-state index < -0.39 is 11.6 Å². The molecule has 0 aliphatic rings.